The molecule has 6 nitrogen and oxygen atoms in total. The van der Waals surface area contributed by atoms with Crippen LogP contribution in [0.3, 0.4) is 0 Å². The largest absolute Gasteiger partial charge is 0.492 e. The Morgan fingerprint density at radius 2 is 1.95 bits per heavy atom. The van der Waals surface area contributed by atoms with Crippen molar-refractivity contribution in [3.63, 3.8) is 0 Å². The Bertz CT molecular complexity index is 1510. The van der Waals surface area contributed by atoms with Crippen LogP contribution >= 0.6 is 11.6 Å². The summed E-state index contributed by atoms with van der Waals surface area (Å²) >= 11 is 6.75. The highest BCUT2D eigenvalue weighted by Gasteiger charge is 2.24. The van der Waals surface area contributed by atoms with Crippen molar-refractivity contribution in [2.24, 2.45) is 0 Å². The van der Waals surface area contributed by atoms with Gasteiger partial charge in [-0.25, -0.2) is 4.98 Å². The van der Waals surface area contributed by atoms with E-state index >= 15 is 0 Å². The number of rotatable bonds is 7. The fraction of sp³-hybridized carbons (Fsp3) is 0.290. The molecule has 2 aliphatic rings. The van der Waals surface area contributed by atoms with Crippen molar-refractivity contribution in [1.29, 1.82) is 0 Å². The lowest BCUT2D eigenvalue weighted by Gasteiger charge is -2.29. The fourth-order valence-corrected chi connectivity index (χ4v) is 5.93. The Hall–Kier alpha value is -3.61. The van der Waals surface area contributed by atoms with Gasteiger partial charge in [-0.1, -0.05) is 42.4 Å². The lowest BCUT2D eigenvalue weighted by Crippen LogP contribution is -2.34. The Kier molecular flexibility index (Phi) is 6.92. The first-order valence-electron chi connectivity index (χ1n) is 13.3. The van der Waals surface area contributed by atoms with Crippen LogP contribution < -0.4 is 9.64 Å². The summed E-state index contributed by atoms with van der Waals surface area (Å²) < 4.78 is 6.15. The van der Waals surface area contributed by atoms with Gasteiger partial charge in [0.15, 0.2) is 0 Å². The van der Waals surface area contributed by atoms with Gasteiger partial charge >= 0.3 is 0 Å². The Morgan fingerprint density at radius 1 is 1.08 bits per heavy atom. The van der Waals surface area contributed by atoms with Crippen LogP contribution in [0.5, 0.6) is 5.75 Å². The zero-order valence-electron chi connectivity index (χ0n) is 21.4. The number of ether oxygens (including phenoxy) is 1. The monoisotopic (exact) mass is 526 g/mol. The maximum atomic E-state index is 12.6. The third kappa shape index (κ3) is 4.70. The number of benzene rings is 2. The number of H-pyrrole nitrogens is 1. The number of fused-ring (bicyclic) bond motifs is 2. The smallest absolute Gasteiger partial charge is 0.250 e. The maximum Gasteiger partial charge on any atom is 0.250 e. The predicted octanol–water partition coefficient (Wildman–Crippen LogP) is 6.49. The molecule has 2 aromatic carbocycles. The number of aromatic nitrogens is 2. The van der Waals surface area contributed by atoms with Crippen LogP contribution in [0.1, 0.15) is 24.8 Å². The fourth-order valence-electron chi connectivity index (χ4n) is 5.69. The number of carbonyl (C=O) groups excluding carboxylic acids is 1. The summed E-state index contributed by atoms with van der Waals surface area (Å²) in [5, 5.41) is 1.49. The molecule has 0 saturated carbocycles. The van der Waals surface area contributed by atoms with Gasteiger partial charge < -0.3 is 14.6 Å². The molecule has 0 aliphatic carbocycles. The SMILES string of the molecule is C=CC(=O)N1CCCc2ccc(-c3c(-c4cccc(OCCN5CCCC5)c4)[nH]c4nccc(Cl)c34)cc21. The van der Waals surface area contributed by atoms with Crippen LogP contribution in [-0.4, -0.2) is 53.6 Å². The number of pyridine rings is 1. The van der Waals surface area contributed by atoms with E-state index in [1.165, 1.54) is 18.9 Å². The number of nitrogens with one attached hydrogen (secondary N) is 1. The molecule has 0 unspecified atom stereocenters. The number of halogens is 1. The Balaban J connectivity index is 1.41. The number of hydrogen-bond donors (Lipinski definition) is 1. The van der Waals surface area contributed by atoms with Crippen molar-refractivity contribution in [2.45, 2.75) is 25.7 Å². The highest BCUT2D eigenvalue weighted by molar-refractivity contribution is 6.36. The van der Waals surface area contributed by atoms with Gasteiger partial charge in [-0.05, 0) is 80.2 Å². The first kappa shape index (κ1) is 24.7. The summed E-state index contributed by atoms with van der Waals surface area (Å²) in [5.74, 6) is 0.749. The van der Waals surface area contributed by atoms with Gasteiger partial charge in [0.2, 0.25) is 5.91 Å². The molecule has 2 aromatic heterocycles. The molecule has 4 heterocycles. The number of aromatic amines is 1. The van der Waals surface area contributed by atoms with Crippen LogP contribution in [0.2, 0.25) is 5.02 Å². The average Bonchev–Trinajstić information content (AvgIpc) is 3.61. The zero-order chi connectivity index (χ0) is 26.1. The van der Waals surface area contributed by atoms with Crippen molar-refractivity contribution < 1.29 is 9.53 Å². The lowest BCUT2D eigenvalue weighted by molar-refractivity contribution is -0.114. The number of anilines is 1. The van der Waals surface area contributed by atoms with E-state index < -0.39 is 0 Å². The molecule has 0 radical (unpaired) electrons. The number of amides is 1. The quantitative estimate of drug-likeness (QED) is 0.280. The molecule has 38 heavy (non-hydrogen) atoms. The molecule has 194 valence electrons. The van der Waals surface area contributed by atoms with Gasteiger partial charge in [-0.15, -0.1) is 0 Å². The van der Waals surface area contributed by atoms with Gasteiger partial charge in [0.1, 0.15) is 18.0 Å². The van der Waals surface area contributed by atoms with Crippen molar-refractivity contribution in [2.75, 3.05) is 37.7 Å². The average molecular weight is 527 g/mol. The topological polar surface area (TPSA) is 61.5 Å². The van der Waals surface area contributed by atoms with Gasteiger partial charge in [0.05, 0.1) is 10.7 Å². The van der Waals surface area contributed by atoms with Crippen LogP contribution in [0.15, 0.2) is 67.4 Å². The molecular weight excluding hydrogens is 496 g/mol. The standard InChI is InChI=1S/C31H31ClN4O2/c1-2-27(37)36-16-6-8-21-10-11-22(20-26(21)36)28-29-25(32)12-13-33-31(29)34-30(28)23-7-5-9-24(19-23)38-18-17-35-14-3-4-15-35/h2,5,7,9-13,19-20H,1,3-4,6,8,14-18H2,(H,33,34). The van der Waals surface area contributed by atoms with Crippen LogP contribution in [0.25, 0.3) is 33.4 Å². The number of likely N-dealkylation sites (tertiary alicyclic amines) is 1. The first-order chi connectivity index (χ1) is 18.6. The molecule has 4 aromatic rings. The Labute approximate surface area is 227 Å². The van der Waals surface area contributed by atoms with Crippen molar-refractivity contribution in [3.8, 4) is 28.1 Å². The van der Waals surface area contributed by atoms with Crippen LogP contribution in [-0.2, 0) is 11.2 Å². The summed E-state index contributed by atoms with van der Waals surface area (Å²) in [6.45, 7) is 8.30. The van der Waals surface area contributed by atoms with Gasteiger partial charge in [-0.3, -0.25) is 9.69 Å². The molecular formula is C31H31ClN4O2. The van der Waals surface area contributed by atoms with Crippen molar-refractivity contribution >= 4 is 34.2 Å². The van der Waals surface area contributed by atoms with Gasteiger partial charge in [0.25, 0.3) is 0 Å². The number of hydrogen-bond acceptors (Lipinski definition) is 4. The second-order valence-corrected chi connectivity index (χ2v) is 10.4. The minimum absolute atomic E-state index is 0.0827. The second kappa shape index (κ2) is 10.6. The summed E-state index contributed by atoms with van der Waals surface area (Å²) in [7, 11) is 0. The molecule has 0 bridgehead atoms. The highest BCUT2D eigenvalue weighted by Crippen LogP contribution is 2.43. The van der Waals surface area contributed by atoms with E-state index in [9.17, 15) is 4.79 Å². The molecule has 1 fully saturated rings. The molecule has 2 aliphatic heterocycles. The maximum absolute atomic E-state index is 12.6. The third-order valence-corrected chi connectivity index (χ3v) is 7.89. The second-order valence-electron chi connectivity index (χ2n) is 9.96. The lowest BCUT2D eigenvalue weighted by atomic mass is 9.94. The Morgan fingerprint density at radius 3 is 2.79 bits per heavy atom. The normalized spacial score (nSPS) is 15.6. The van der Waals surface area contributed by atoms with E-state index in [2.05, 4.69) is 51.8 Å². The molecule has 7 heteroatoms. The van der Waals surface area contributed by atoms with E-state index in [4.69, 9.17) is 16.3 Å². The number of nitrogens with zero attached hydrogens (tertiary/aromatic N) is 3. The minimum Gasteiger partial charge on any atom is -0.492 e. The summed E-state index contributed by atoms with van der Waals surface area (Å²) in [6.07, 6.45) is 7.52. The van der Waals surface area contributed by atoms with Crippen molar-refractivity contribution in [1.82, 2.24) is 14.9 Å². The number of carbonyl (C=O) groups is 1. The van der Waals surface area contributed by atoms with E-state index in [0.29, 0.717) is 18.2 Å². The van der Waals surface area contributed by atoms with E-state index in [1.54, 1.807) is 6.20 Å². The first-order valence-corrected chi connectivity index (χ1v) is 13.7. The third-order valence-electron chi connectivity index (χ3n) is 7.57. The van der Waals surface area contributed by atoms with Crippen LogP contribution in [0.4, 0.5) is 5.69 Å². The highest BCUT2D eigenvalue weighted by atomic mass is 35.5. The summed E-state index contributed by atoms with van der Waals surface area (Å²) in [4.78, 5) is 25.0. The van der Waals surface area contributed by atoms with E-state index in [0.717, 1.165) is 82.9 Å². The predicted molar refractivity (Wildman–Crippen MR) is 154 cm³/mol. The molecule has 0 atom stereocenters. The number of aryl methyl sites for hydroxylation is 1. The minimum atomic E-state index is -0.0827. The van der Waals surface area contributed by atoms with E-state index in [1.807, 2.05) is 23.1 Å². The molecule has 6 rings (SSSR count). The molecule has 1 N–H and O–H groups in total. The van der Waals surface area contributed by atoms with Gasteiger partial charge in [0, 0.05) is 41.5 Å². The van der Waals surface area contributed by atoms with Gasteiger partial charge in [-0.2, -0.15) is 0 Å². The summed E-state index contributed by atoms with van der Waals surface area (Å²) in [6, 6.07) is 16.3. The molecule has 1 saturated heterocycles. The molecule has 1 amide bonds. The van der Waals surface area contributed by atoms with Crippen LogP contribution in [0, 0.1) is 0 Å². The molecule has 0 spiro atoms. The summed E-state index contributed by atoms with van der Waals surface area (Å²) in [5.41, 5.74) is 6.66. The van der Waals surface area contributed by atoms with Crippen molar-refractivity contribution in [3.05, 3.63) is 78.0 Å². The van der Waals surface area contributed by atoms with E-state index in [-0.39, 0.29) is 5.91 Å². The zero-order valence-corrected chi connectivity index (χ0v) is 22.1.